The molecule has 0 saturated heterocycles. The fourth-order valence-electron chi connectivity index (χ4n) is 1.32. The van der Waals surface area contributed by atoms with Crippen molar-refractivity contribution >= 4 is 0 Å². The Bertz CT molecular complexity index is 199. The van der Waals surface area contributed by atoms with Crippen LogP contribution < -0.4 is 11.5 Å². The molecule has 1 aliphatic carbocycles. The van der Waals surface area contributed by atoms with E-state index in [2.05, 4.69) is 6.08 Å². The molecule has 0 aliphatic heterocycles. The molecule has 0 spiro atoms. The van der Waals surface area contributed by atoms with E-state index in [-0.39, 0.29) is 12.6 Å². The molecule has 0 bridgehead atoms. The molecule has 1 unspecified atom stereocenters. The molecule has 2 atom stereocenters. The van der Waals surface area contributed by atoms with Crippen molar-refractivity contribution < 1.29 is 5.11 Å². The minimum absolute atomic E-state index is 0.0591. The highest BCUT2D eigenvalue weighted by Crippen LogP contribution is 2.18. The summed E-state index contributed by atoms with van der Waals surface area (Å²) in [5, 5.41) is 8.73. The van der Waals surface area contributed by atoms with Crippen LogP contribution in [-0.4, -0.2) is 17.8 Å². The van der Waals surface area contributed by atoms with E-state index < -0.39 is 0 Å². The summed E-state index contributed by atoms with van der Waals surface area (Å²) in [6, 6.07) is -0.104. The smallest absolute Gasteiger partial charge is 0.0582 e. The average molecular weight is 168 g/mol. The zero-order valence-corrected chi connectivity index (χ0v) is 7.11. The van der Waals surface area contributed by atoms with Crippen molar-refractivity contribution in [3.63, 3.8) is 0 Å². The number of hydrogen-bond donors (Lipinski definition) is 3. The van der Waals surface area contributed by atoms with Gasteiger partial charge in [0, 0.05) is 11.7 Å². The molecule has 1 rings (SSSR count). The van der Waals surface area contributed by atoms with Gasteiger partial charge in [-0.25, -0.2) is 0 Å². The molecule has 0 aromatic heterocycles. The van der Waals surface area contributed by atoms with Crippen molar-refractivity contribution in [2.75, 3.05) is 6.61 Å². The normalized spacial score (nSPS) is 25.2. The van der Waals surface area contributed by atoms with Crippen LogP contribution in [0.4, 0.5) is 0 Å². The van der Waals surface area contributed by atoms with Crippen LogP contribution in [0.3, 0.4) is 0 Å². The Kier molecular flexibility index (Phi) is 3.31. The van der Waals surface area contributed by atoms with Gasteiger partial charge in [-0.05, 0) is 24.8 Å². The van der Waals surface area contributed by atoms with Gasteiger partial charge in [-0.3, -0.25) is 0 Å². The molecule has 0 fully saturated rings. The first-order valence-corrected chi connectivity index (χ1v) is 4.22. The minimum atomic E-state index is -0.104. The second kappa shape index (κ2) is 4.28. The quantitative estimate of drug-likeness (QED) is 0.560. The van der Waals surface area contributed by atoms with E-state index in [1.165, 1.54) is 0 Å². The van der Waals surface area contributed by atoms with E-state index in [1.807, 2.05) is 12.2 Å². The Morgan fingerprint density at radius 1 is 1.67 bits per heavy atom. The third kappa shape index (κ3) is 2.68. The predicted molar refractivity (Wildman–Crippen MR) is 49.2 cm³/mol. The molecule has 1 aliphatic rings. The van der Waals surface area contributed by atoms with Crippen LogP contribution >= 0.6 is 0 Å². The average Bonchev–Trinajstić information content (AvgIpc) is 2.09. The molecule has 5 N–H and O–H groups in total. The molecule has 0 aromatic rings. The van der Waals surface area contributed by atoms with Crippen molar-refractivity contribution in [3.8, 4) is 0 Å². The Balaban J connectivity index is 2.33. The lowest BCUT2D eigenvalue weighted by Crippen LogP contribution is -2.27. The van der Waals surface area contributed by atoms with E-state index in [4.69, 9.17) is 16.6 Å². The highest BCUT2D eigenvalue weighted by Gasteiger charge is 2.11. The van der Waals surface area contributed by atoms with E-state index >= 15 is 0 Å². The molecule has 0 amide bonds. The summed E-state index contributed by atoms with van der Waals surface area (Å²) in [4.78, 5) is 0. The lowest BCUT2D eigenvalue weighted by molar-refractivity contribution is 0.251. The monoisotopic (exact) mass is 168 g/mol. The number of hydrogen-bond acceptors (Lipinski definition) is 3. The van der Waals surface area contributed by atoms with Gasteiger partial charge >= 0.3 is 0 Å². The molecule has 12 heavy (non-hydrogen) atoms. The number of aliphatic hydroxyl groups is 1. The Labute approximate surface area is 72.7 Å². The summed E-state index contributed by atoms with van der Waals surface area (Å²) in [7, 11) is 0. The third-order valence-electron chi connectivity index (χ3n) is 2.06. The lowest BCUT2D eigenvalue weighted by Gasteiger charge is -2.17. The van der Waals surface area contributed by atoms with Gasteiger partial charge in [-0.2, -0.15) is 0 Å². The van der Waals surface area contributed by atoms with Gasteiger partial charge < -0.3 is 16.6 Å². The number of nitrogens with two attached hydrogens (primary N) is 2. The van der Waals surface area contributed by atoms with Gasteiger partial charge in [0.05, 0.1) is 6.61 Å². The predicted octanol–water partition coefficient (Wildman–Crippen LogP) is 0.115. The van der Waals surface area contributed by atoms with Crippen molar-refractivity contribution in [1.82, 2.24) is 0 Å². The summed E-state index contributed by atoms with van der Waals surface area (Å²) in [6.07, 6.45) is 7.73. The van der Waals surface area contributed by atoms with E-state index in [0.717, 1.165) is 18.5 Å². The van der Waals surface area contributed by atoms with Crippen molar-refractivity contribution in [2.24, 2.45) is 17.4 Å². The van der Waals surface area contributed by atoms with Crippen LogP contribution in [0.25, 0.3) is 0 Å². The van der Waals surface area contributed by atoms with Gasteiger partial charge in [0.1, 0.15) is 0 Å². The minimum Gasteiger partial charge on any atom is -0.399 e. The number of allylic oxidation sites excluding steroid dienone is 3. The highest BCUT2D eigenvalue weighted by atomic mass is 16.3. The maximum Gasteiger partial charge on any atom is 0.0582 e. The zero-order valence-electron chi connectivity index (χ0n) is 7.11. The first-order chi connectivity index (χ1) is 5.72. The molecule has 0 heterocycles. The number of aliphatic hydroxyl groups excluding tert-OH is 1. The second-order valence-electron chi connectivity index (χ2n) is 3.24. The second-order valence-corrected chi connectivity index (χ2v) is 3.24. The van der Waals surface area contributed by atoms with E-state index in [1.54, 1.807) is 0 Å². The van der Waals surface area contributed by atoms with Gasteiger partial charge in [0.15, 0.2) is 0 Å². The largest absolute Gasteiger partial charge is 0.399 e. The van der Waals surface area contributed by atoms with Crippen molar-refractivity contribution in [3.05, 3.63) is 23.9 Å². The summed E-state index contributed by atoms with van der Waals surface area (Å²) in [5.74, 6) is 0.444. The highest BCUT2D eigenvalue weighted by molar-refractivity contribution is 5.20. The molecule has 0 saturated carbocycles. The van der Waals surface area contributed by atoms with Gasteiger partial charge in [-0.1, -0.05) is 12.2 Å². The molecule has 0 radical (unpaired) electrons. The Morgan fingerprint density at radius 2 is 2.42 bits per heavy atom. The van der Waals surface area contributed by atoms with E-state index in [9.17, 15) is 0 Å². The third-order valence-corrected chi connectivity index (χ3v) is 2.06. The van der Waals surface area contributed by atoms with Crippen LogP contribution in [0, 0.1) is 5.92 Å². The Hall–Kier alpha value is -0.800. The first kappa shape index (κ1) is 9.29. The van der Waals surface area contributed by atoms with Crippen molar-refractivity contribution in [1.29, 1.82) is 0 Å². The van der Waals surface area contributed by atoms with Gasteiger partial charge in [0.2, 0.25) is 0 Å². The molecule has 3 nitrogen and oxygen atoms in total. The fraction of sp³-hybridized carbons (Fsp3) is 0.556. The van der Waals surface area contributed by atoms with Crippen LogP contribution in [0.2, 0.25) is 0 Å². The topological polar surface area (TPSA) is 72.3 Å². The summed E-state index contributed by atoms with van der Waals surface area (Å²) in [6.45, 7) is 0.0591. The van der Waals surface area contributed by atoms with Gasteiger partial charge in [-0.15, -0.1) is 0 Å². The Morgan fingerprint density at radius 3 is 2.92 bits per heavy atom. The fourth-order valence-corrected chi connectivity index (χ4v) is 1.32. The molecule has 0 aromatic carbocycles. The summed E-state index contributed by atoms with van der Waals surface area (Å²) in [5.41, 5.74) is 12.0. The molecule has 3 heteroatoms. The molecular formula is C9H16N2O. The number of rotatable bonds is 3. The van der Waals surface area contributed by atoms with E-state index in [0.29, 0.717) is 5.92 Å². The first-order valence-electron chi connectivity index (χ1n) is 4.22. The van der Waals surface area contributed by atoms with Crippen LogP contribution in [-0.2, 0) is 0 Å². The van der Waals surface area contributed by atoms with Crippen LogP contribution in [0.5, 0.6) is 0 Å². The lowest BCUT2D eigenvalue weighted by atomic mass is 9.93. The van der Waals surface area contributed by atoms with Gasteiger partial charge in [0.25, 0.3) is 0 Å². The molecular weight excluding hydrogens is 152 g/mol. The van der Waals surface area contributed by atoms with Crippen LogP contribution in [0.1, 0.15) is 12.8 Å². The van der Waals surface area contributed by atoms with Crippen molar-refractivity contribution in [2.45, 2.75) is 18.9 Å². The van der Waals surface area contributed by atoms with Crippen LogP contribution in [0.15, 0.2) is 23.9 Å². The summed E-state index contributed by atoms with van der Waals surface area (Å²) < 4.78 is 0. The SMILES string of the molecule is NC1=CC[C@@H](CC(N)CO)C=C1. The zero-order chi connectivity index (χ0) is 8.97. The maximum atomic E-state index is 8.73. The standard InChI is InChI=1S/C9H16N2O/c10-8-3-1-7(2-4-8)5-9(11)6-12/h1,3-4,7,9,12H,2,5-6,10-11H2/t7-,9?/m0/s1. The summed E-state index contributed by atoms with van der Waals surface area (Å²) >= 11 is 0. The molecule has 68 valence electrons. The maximum absolute atomic E-state index is 8.73.